The average Bonchev–Trinajstić information content (AvgIpc) is 3.01. The fourth-order valence-corrected chi connectivity index (χ4v) is 2.20. The summed E-state index contributed by atoms with van der Waals surface area (Å²) in [5.41, 5.74) is 1.88. The van der Waals surface area contributed by atoms with Gasteiger partial charge in [-0.25, -0.2) is 0 Å². The summed E-state index contributed by atoms with van der Waals surface area (Å²) in [5.74, 6) is 0. The van der Waals surface area contributed by atoms with Gasteiger partial charge in [-0.05, 0) is 18.4 Å². The largest absolute Gasteiger partial charge is 0.308 e. The van der Waals surface area contributed by atoms with E-state index in [1.165, 1.54) is 18.4 Å². The molecule has 1 aromatic carbocycles. The van der Waals surface area contributed by atoms with Gasteiger partial charge >= 0.3 is 0 Å². The van der Waals surface area contributed by atoms with Crippen molar-refractivity contribution in [3.63, 3.8) is 0 Å². The second-order valence-electron chi connectivity index (χ2n) is 4.51. The van der Waals surface area contributed by atoms with E-state index < -0.39 is 0 Å². The van der Waals surface area contributed by atoms with E-state index in [9.17, 15) is 0 Å². The standard InChI is InChI=1S/C12H16N2/c1-2-4-10(5-3-1)11-8-14-12(6-7-12)9-13-11/h1-5,11,13-14H,6-9H2/t11-/m1/s1. The van der Waals surface area contributed by atoms with Gasteiger partial charge in [0.05, 0.1) is 0 Å². The number of nitrogens with one attached hydrogen (secondary N) is 2. The minimum Gasteiger partial charge on any atom is -0.308 e. The lowest BCUT2D eigenvalue weighted by Crippen LogP contribution is -2.51. The summed E-state index contributed by atoms with van der Waals surface area (Å²) in [6, 6.07) is 11.2. The molecule has 0 aromatic heterocycles. The van der Waals surface area contributed by atoms with Gasteiger partial charge < -0.3 is 10.6 Å². The third-order valence-corrected chi connectivity index (χ3v) is 3.42. The zero-order valence-corrected chi connectivity index (χ0v) is 8.29. The van der Waals surface area contributed by atoms with E-state index in [1.807, 2.05) is 0 Å². The lowest BCUT2D eigenvalue weighted by atomic mass is 10.0. The van der Waals surface area contributed by atoms with Crippen molar-refractivity contribution in [2.45, 2.75) is 24.4 Å². The van der Waals surface area contributed by atoms with Gasteiger partial charge in [0.2, 0.25) is 0 Å². The first kappa shape index (κ1) is 8.45. The molecule has 1 aromatic rings. The monoisotopic (exact) mass is 188 g/mol. The number of hydrogen-bond acceptors (Lipinski definition) is 2. The zero-order valence-electron chi connectivity index (χ0n) is 8.29. The van der Waals surface area contributed by atoms with E-state index in [0.717, 1.165) is 13.1 Å². The summed E-state index contributed by atoms with van der Waals surface area (Å²) in [6.07, 6.45) is 2.70. The third kappa shape index (κ3) is 1.45. The van der Waals surface area contributed by atoms with Gasteiger partial charge in [0, 0.05) is 24.7 Å². The normalized spacial score (nSPS) is 29.0. The number of rotatable bonds is 1. The van der Waals surface area contributed by atoms with E-state index in [2.05, 4.69) is 41.0 Å². The highest BCUT2D eigenvalue weighted by Gasteiger charge is 2.44. The van der Waals surface area contributed by atoms with Crippen LogP contribution in [0, 0.1) is 0 Å². The molecule has 1 atom stereocenters. The Hall–Kier alpha value is -0.860. The molecule has 1 aliphatic carbocycles. The van der Waals surface area contributed by atoms with Crippen LogP contribution in [-0.2, 0) is 0 Å². The molecular weight excluding hydrogens is 172 g/mol. The van der Waals surface area contributed by atoms with Crippen LogP contribution in [0.15, 0.2) is 30.3 Å². The minimum absolute atomic E-state index is 0.477. The van der Waals surface area contributed by atoms with E-state index in [-0.39, 0.29) is 0 Å². The summed E-state index contributed by atoms with van der Waals surface area (Å²) >= 11 is 0. The van der Waals surface area contributed by atoms with E-state index in [1.54, 1.807) is 0 Å². The van der Waals surface area contributed by atoms with Crippen molar-refractivity contribution in [1.82, 2.24) is 10.6 Å². The Labute approximate surface area is 84.7 Å². The van der Waals surface area contributed by atoms with Crippen molar-refractivity contribution in [2.75, 3.05) is 13.1 Å². The predicted octanol–water partition coefficient (Wildman–Crippen LogP) is 1.45. The lowest BCUT2D eigenvalue weighted by molar-refractivity contribution is 0.337. The first-order valence-electron chi connectivity index (χ1n) is 5.41. The van der Waals surface area contributed by atoms with Crippen LogP contribution in [0.2, 0.25) is 0 Å². The Morgan fingerprint density at radius 1 is 1.14 bits per heavy atom. The smallest absolute Gasteiger partial charge is 0.0447 e. The van der Waals surface area contributed by atoms with Crippen molar-refractivity contribution in [3.05, 3.63) is 35.9 Å². The molecule has 1 heterocycles. The van der Waals surface area contributed by atoms with Gasteiger partial charge in [-0.2, -0.15) is 0 Å². The Morgan fingerprint density at radius 2 is 1.93 bits per heavy atom. The lowest BCUT2D eigenvalue weighted by Gasteiger charge is -2.31. The van der Waals surface area contributed by atoms with Crippen LogP contribution < -0.4 is 10.6 Å². The average molecular weight is 188 g/mol. The SMILES string of the molecule is c1ccc([C@H]2CNC3(CC3)CN2)cc1. The Bertz CT molecular complexity index is 306. The molecule has 2 heteroatoms. The number of benzene rings is 1. The molecule has 2 fully saturated rings. The van der Waals surface area contributed by atoms with Crippen LogP contribution in [0.1, 0.15) is 24.4 Å². The van der Waals surface area contributed by atoms with E-state index in [4.69, 9.17) is 0 Å². The molecule has 0 amide bonds. The first-order chi connectivity index (χ1) is 6.88. The molecule has 0 unspecified atom stereocenters. The van der Waals surface area contributed by atoms with Crippen LogP contribution in [0.25, 0.3) is 0 Å². The van der Waals surface area contributed by atoms with E-state index >= 15 is 0 Å². The van der Waals surface area contributed by atoms with Crippen molar-refractivity contribution >= 4 is 0 Å². The quantitative estimate of drug-likeness (QED) is 0.697. The van der Waals surface area contributed by atoms with Crippen molar-refractivity contribution in [1.29, 1.82) is 0 Å². The Morgan fingerprint density at radius 3 is 2.50 bits per heavy atom. The number of hydrogen-bond donors (Lipinski definition) is 2. The maximum Gasteiger partial charge on any atom is 0.0447 e. The van der Waals surface area contributed by atoms with Gasteiger partial charge in [-0.3, -0.25) is 0 Å². The Balaban J connectivity index is 1.70. The molecule has 0 bridgehead atoms. The predicted molar refractivity (Wildman–Crippen MR) is 57.2 cm³/mol. The molecule has 2 N–H and O–H groups in total. The summed E-state index contributed by atoms with van der Waals surface area (Å²) < 4.78 is 0. The summed E-state index contributed by atoms with van der Waals surface area (Å²) in [4.78, 5) is 0. The van der Waals surface area contributed by atoms with Crippen molar-refractivity contribution in [2.24, 2.45) is 0 Å². The van der Waals surface area contributed by atoms with Crippen LogP contribution in [0.4, 0.5) is 0 Å². The molecule has 14 heavy (non-hydrogen) atoms. The molecule has 74 valence electrons. The molecule has 1 spiro atoms. The second kappa shape index (κ2) is 3.07. The molecule has 3 rings (SSSR count). The van der Waals surface area contributed by atoms with Crippen LogP contribution in [0.5, 0.6) is 0 Å². The van der Waals surface area contributed by atoms with E-state index in [0.29, 0.717) is 11.6 Å². The topological polar surface area (TPSA) is 24.1 Å². The fourth-order valence-electron chi connectivity index (χ4n) is 2.20. The molecule has 2 nitrogen and oxygen atoms in total. The maximum absolute atomic E-state index is 3.66. The third-order valence-electron chi connectivity index (χ3n) is 3.42. The second-order valence-corrected chi connectivity index (χ2v) is 4.51. The first-order valence-corrected chi connectivity index (χ1v) is 5.41. The van der Waals surface area contributed by atoms with Gasteiger partial charge in [0.25, 0.3) is 0 Å². The van der Waals surface area contributed by atoms with Crippen molar-refractivity contribution < 1.29 is 0 Å². The fraction of sp³-hybridized carbons (Fsp3) is 0.500. The van der Waals surface area contributed by atoms with Crippen LogP contribution in [-0.4, -0.2) is 18.6 Å². The van der Waals surface area contributed by atoms with Crippen LogP contribution in [0.3, 0.4) is 0 Å². The zero-order chi connectivity index (χ0) is 9.43. The van der Waals surface area contributed by atoms with Gasteiger partial charge in [-0.1, -0.05) is 30.3 Å². The van der Waals surface area contributed by atoms with Gasteiger partial charge in [0.15, 0.2) is 0 Å². The maximum atomic E-state index is 3.66. The highest BCUT2D eigenvalue weighted by atomic mass is 15.2. The minimum atomic E-state index is 0.477. The Kier molecular flexibility index (Phi) is 1.85. The molecule has 0 radical (unpaired) electrons. The summed E-state index contributed by atoms with van der Waals surface area (Å²) in [6.45, 7) is 2.20. The highest BCUT2D eigenvalue weighted by molar-refractivity contribution is 5.21. The molecule has 1 saturated carbocycles. The van der Waals surface area contributed by atoms with Gasteiger partial charge in [-0.15, -0.1) is 0 Å². The molecule has 2 aliphatic rings. The highest BCUT2D eigenvalue weighted by Crippen LogP contribution is 2.37. The molecule has 1 saturated heterocycles. The molecule has 1 aliphatic heterocycles. The van der Waals surface area contributed by atoms with Crippen molar-refractivity contribution in [3.8, 4) is 0 Å². The summed E-state index contributed by atoms with van der Waals surface area (Å²) in [5, 5.41) is 7.28. The van der Waals surface area contributed by atoms with Crippen LogP contribution >= 0.6 is 0 Å². The summed E-state index contributed by atoms with van der Waals surface area (Å²) in [7, 11) is 0. The molecular formula is C12H16N2. The number of piperazine rings is 1. The van der Waals surface area contributed by atoms with Gasteiger partial charge in [0.1, 0.15) is 0 Å².